The third-order valence-corrected chi connectivity index (χ3v) is 4.67. The lowest BCUT2D eigenvalue weighted by molar-refractivity contribution is -0.130. The Morgan fingerprint density at radius 3 is 2.64 bits per heavy atom. The molecular formula is C18H21ClN2O3S. The molecule has 134 valence electrons. The summed E-state index contributed by atoms with van der Waals surface area (Å²) in [6, 6.07) is 10.8. The van der Waals surface area contributed by atoms with Crippen LogP contribution < -0.4 is 4.74 Å². The van der Waals surface area contributed by atoms with E-state index in [0.29, 0.717) is 35.2 Å². The highest BCUT2D eigenvalue weighted by atomic mass is 35.5. The second-order valence-electron chi connectivity index (χ2n) is 5.61. The minimum atomic E-state index is -0.138. The molecule has 0 unspecified atom stereocenters. The molecule has 0 N–H and O–H groups in total. The Kier molecular flexibility index (Phi) is 7.28. The van der Waals surface area contributed by atoms with Crippen molar-refractivity contribution in [3.05, 3.63) is 51.7 Å². The summed E-state index contributed by atoms with van der Waals surface area (Å²) in [6.45, 7) is 1.10. The third kappa shape index (κ3) is 6.07. The highest BCUT2D eigenvalue weighted by molar-refractivity contribution is 7.12. The summed E-state index contributed by atoms with van der Waals surface area (Å²) in [6.07, 6.45) is 0.692. The van der Waals surface area contributed by atoms with Crippen molar-refractivity contribution >= 4 is 34.8 Å². The van der Waals surface area contributed by atoms with E-state index in [1.807, 2.05) is 23.6 Å². The third-order valence-electron chi connectivity index (χ3n) is 3.58. The van der Waals surface area contributed by atoms with Crippen molar-refractivity contribution in [2.24, 2.45) is 0 Å². The Hall–Kier alpha value is -2.05. The maximum absolute atomic E-state index is 12.2. The van der Waals surface area contributed by atoms with Crippen molar-refractivity contribution in [3.8, 4) is 5.75 Å². The van der Waals surface area contributed by atoms with Crippen LogP contribution in [0, 0.1) is 0 Å². The first-order valence-corrected chi connectivity index (χ1v) is 9.14. The van der Waals surface area contributed by atoms with Crippen LogP contribution in [0.1, 0.15) is 16.1 Å². The second-order valence-corrected chi connectivity index (χ2v) is 7.00. The van der Waals surface area contributed by atoms with E-state index in [0.717, 1.165) is 0 Å². The molecule has 0 fully saturated rings. The smallest absolute Gasteiger partial charge is 0.264 e. The fraction of sp³-hybridized carbons (Fsp3) is 0.333. The summed E-state index contributed by atoms with van der Waals surface area (Å²) in [5.41, 5.74) is 0. The van der Waals surface area contributed by atoms with Crippen LogP contribution in [0.3, 0.4) is 0 Å². The fourth-order valence-corrected chi connectivity index (χ4v) is 3.05. The minimum absolute atomic E-state index is 0.0579. The van der Waals surface area contributed by atoms with Gasteiger partial charge in [0.25, 0.3) is 5.91 Å². The standard InChI is InChI=1S/C18H21ClN2O3S/c1-20(9-5-10-24-15-7-3-6-14(19)12-15)17(22)13-21(2)18(23)16-8-4-11-25-16/h3-4,6-8,11-12H,5,9-10,13H2,1-2H3. The zero-order chi connectivity index (χ0) is 18.2. The molecule has 2 aromatic rings. The molecule has 1 aromatic carbocycles. The van der Waals surface area contributed by atoms with Gasteiger partial charge in [-0.05, 0) is 36.1 Å². The number of hydrogen-bond donors (Lipinski definition) is 0. The molecule has 25 heavy (non-hydrogen) atoms. The molecule has 0 saturated carbocycles. The van der Waals surface area contributed by atoms with E-state index in [4.69, 9.17) is 16.3 Å². The topological polar surface area (TPSA) is 49.9 Å². The zero-order valence-electron chi connectivity index (χ0n) is 14.3. The predicted molar refractivity (Wildman–Crippen MR) is 100 cm³/mol. The molecular weight excluding hydrogens is 360 g/mol. The molecule has 2 amide bonds. The molecule has 0 bridgehead atoms. The van der Waals surface area contributed by atoms with Crippen LogP contribution in [-0.2, 0) is 4.79 Å². The van der Waals surface area contributed by atoms with E-state index < -0.39 is 0 Å². The van der Waals surface area contributed by atoms with Crippen molar-refractivity contribution < 1.29 is 14.3 Å². The highest BCUT2D eigenvalue weighted by Crippen LogP contribution is 2.17. The normalized spacial score (nSPS) is 10.4. The van der Waals surface area contributed by atoms with Crippen molar-refractivity contribution in [1.82, 2.24) is 9.80 Å². The second kappa shape index (κ2) is 9.44. The first-order valence-electron chi connectivity index (χ1n) is 7.88. The fourth-order valence-electron chi connectivity index (χ4n) is 2.16. The molecule has 0 atom stereocenters. The van der Waals surface area contributed by atoms with Gasteiger partial charge < -0.3 is 14.5 Å². The lowest BCUT2D eigenvalue weighted by atomic mass is 10.3. The SMILES string of the molecule is CN(CCCOc1cccc(Cl)c1)C(=O)CN(C)C(=O)c1cccs1. The van der Waals surface area contributed by atoms with Crippen LogP contribution in [0.25, 0.3) is 0 Å². The van der Waals surface area contributed by atoms with Gasteiger partial charge in [0.05, 0.1) is 18.0 Å². The van der Waals surface area contributed by atoms with E-state index in [1.165, 1.54) is 16.2 Å². The maximum atomic E-state index is 12.2. The molecule has 0 spiro atoms. The van der Waals surface area contributed by atoms with Gasteiger partial charge >= 0.3 is 0 Å². The lowest BCUT2D eigenvalue weighted by Gasteiger charge is -2.21. The molecule has 0 saturated heterocycles. The Balaban J connectivity index is 1.70. The number of ether oxygens (including phenoxy) is 1. The Morgan fingerprint density at radius 1 is 1.16 bits per heavy atom. The van der Waals surface area contributed by atoms with E-state index in [2.05, 4.69) is 0 Å². The number of likely N-dealkylation sites (N-methyl/N-ethyl adjacent to an activating group) is 2. The lowest BCUT2D eigenvalue weighted by Crippen LogP contribution is -2.39. The largest absolute Gasteiger partial charge is 0.493 e. The van der Waals surface area contributed by atoms with Gasteiger partial charge in [0.2, 0.25) is 5.91 Å². The number of carbonyl (C=O) groups excluding carboxylic acids is 2. The summed E-state index contributed by atoms with van der Waals surface area (Å²) in [5, 5.41) is 2.47. The van der Waals surface area contributed by atoms with Gasteiger partial charge in [0.1, 0.15) is 5.75 Å². The highest BCUT2D eigenvalue weighted by Gasteiger charge is 2.17. The molecule has 0 radical (unpaired) electrons. The van der Waals surface area contributed by atoms with E-state index in [-0.39, 0.29) is 18.4 Å². The first-order chi connectivity index (χ1) is 12.0. The number of carbonyl (C=O) groups is 2. The van der Waals surface area contributed by atoms with Gasteiger partial charge in [-0.15, -0.1) is 11.3 Å². The number of thiophene rings is 1. The van der Waals surface area contributed by atoms with E-state index in [1.54, 1.807) is 37.2 Å². The van der Waals surface area contributed by atoms with Gasteiger partial charge in [-0.1, -0.05) is 23.7 Å². The summed E-state index contributed by atoms with van der Waals surface area (Å²) in [5.74, 6) is 0.471. The number of nitrogens with zero attached hydrogens (tertiary/aromatic N) is 2. The van der Waals surface area contributed by atoms with Crippen LogP contribution in [-0.4, -0.2) is 55.4 Å². The van der Waals surface area contributed by atoms with Gasteiger partial charge in [0.15, 0.2) is 0 Å². The van der Waals surface area contributed by atoms with Gasteiger partial charge in [0, 0.05) is 25.7 Å². The molecule has 2 rings (SSSR count). The monoisotopic (exact) mass is 380 g/mol. The average molecular weight is 381 g/mol. The van der Waals surface area contributed by atoms with Crippen LogP contribution in [0.5, 0.6) is 5.75 Å². The molecule has 0 aliphatic heterocycles. The number of benzene rings is 1. The summed E-state index contributed by atoms with van der Waals surface area (Å²) < 4.78 is 5.60. The number of rotatable bonds is 8. The molecule has 0 aliphatic rings. The van der Waals surface area contributed by atoms with Crippen LogP contribution >= 0.6 is 22.9 Å². The Morgan fingerprint density at radius 2 is 1.96 bits per heavy atom. The Labute approximate surface area is 156 Å². The number of hydrogen-bond acceptors (Lipinski definition) is 4. The molecule has 0 aliphatic carbocycles. The quantitative estimate of drug-likeness (QED) is 0.659. The Bertz CT molecular complexity index is 706. The molecule has 1 heterocycles. The molecule has 7 heteroatoms. The first kappa shape index (κ1) is 19.3. The molecule has 5 nitrogen and oxygen atoms in total. The minimum Gasteiger partial charge on any atom is -0.493 e. The molecule has 1 aromatic heterocycles. The number of amides is 2. The summed E-state index contributed by atoms with van der Waals surface area (Å²) >= 11 is 7.26. The van der Waals surface area contributed by atoms with Crippen molar-refractivity contribution in [2.45, 2.75) is 6.42 Å². The van der Waals surface area contributed by atoms with Gasteiger partial charge in [-0.3, -0.25) is 9.59 Å². The van der Waals surface area contributed by atoms with Gasteiger partial charge in [-0.25, -0.2) is 0 Å². The zero-order valence-corrected chi connectivity index (χ0v) is 15.8. The van der Waals surface area contributed by atoms with Crippen LogP contribution in [0.2, 0.25) is 5.02 Å². The van der Waals surface area contributed by atoms with Crippen molar-refractivity contribution in [2.75, 3.05) is 33.8 Å². The van der Waals surface area contributed by atoms with Crippen molar-refractivity contribution in [3.63, 3.8) is 0 Å². The summed E-state index contributed by atoms with van der Waals surface area (Å²) in [4.78, 5) is 28.0. The van der Waals surface area contributed by atoms with Crippen molar-refractivity contribution in [1.29, 1.82) is 0 Å². The maximum Gasteiger partial charge on any atom is 0.264 e. The predicted octanol–water partition coefficient (Wildman–Crippen LogP) is 3.40. The van der Waals surface area contributed by atoms with Gasteiger partial charge in [-0.2, -0.15) is 0 Å². The summed E-state index contributed by atoms with van der Waals surface area (Å²) in [7, 11) is 3.36. The van der Waals surface area contributed by atoms with E-state index in [9.17, 15) is 9.59 Å². The van der Waals surface area contributed by atoms with Crippen LogP contribution in [0.15, 0.2) is 41.8 Å². The van der Waals surface area contributed by atoms with Crippen LogP contribution in [0.4, 0.5) is 0 Å². The van der Waals surface area contributed by atoms with E-state index >= 15 is 0 Å². The average Bonchev–Trinajstić information content (AvgIpc) is 3.12. The number of halogens is 1.